The van der Waals surface area contributed by atoms with Gasteiger partial charge in [-0.1, -0.05) is 13.0 Å². The third-order valence-corrected chi connectivity index (χ3v) is 2.49. The number of likely N-dealkylation sites (N-methyl/N-ethyl adjacent to an activating group) is 1. The molecule has 90 valence electrons. The highest BCUT2D eigenvalue weighted by Gasteiger charge is 2.14. The molecule has 1 atom stereocenters. The molecular formula is C12H18ClNO2. The molecule has 0 fully saturated rings. The molecule has 1 heterocycles. The fourth-order valence-electron chi connectivity index (χ4n) is 1.54. The SMILES string of the molecule is Cl.[2H]C([2H])([2H])NC(CC)Cc1ccc2c(c1)OC([2H])([2H])O2. The summed E-state index contributed by atoms with van der Waals surface area (Å²) in [5.74, 6) is 0.701. The van der Waals surface area contributed by atoms with Crippen molar-refractivity contribution in [2.75, 3.05) is 13.7 Å². The Labute approximate surface area is 110 Å². The molecule has 16 heavy (non-hydrogen) atoms. The third kappa shape index (κ3) is 2.80. The van der Waals surface area contributed by atoms with Gasteiger partial charge in [-0.3, -0.25) is 0 Å². The summed E-state index contributed by atoms with van der Waals surface area (Å²) >= 11 is 0. The van der Waals surface area contributed by atoms with E-state index in [1.807, 2.05) is 6.92 Å². The van der Waals surface area contributed by atoms with Crippen LogP contribution in [0.4, 0.5) is 0 Å². The fraction of sp³-hybridized carbons (Fsp3) is 0.500. The van der Waals surface area contributed by atoms with Gasteiger partial charge in [0, 0.05) is 10.2 Å². The van der Waals surface area contributed by atoms with Crippen molar-refractivity contribution in [2.24, 2.45) is 0 Å². The molecule has 2 rings (SSSR count). The van der Waals surface area contributed by atoms with Gasteiger partial charge in [0.25, 0.3) is 0 Å². The standard InChI is InChI=1S/C12H17NO2.ClH/c1-3-10(13-2)6-9-4-5-11-12(7-9)15-8-14-11;/h4-5,7,10,13H,3,6,8H2,1-2H3;1H/i2D3,8D2;. The van der Waals surface area contributed by atoms with Crippen LogP contribution in [-0.4, -0.2) is 19.8 Å². The van der Waals surface area contributed by atoms with Gasteiger partial charge in [-0.05, 0) is 37.5 Å². The van der Waals surface area contributed by atoms with E-state index in [0.717, 1.165) is 5.56 Å². The lowest BCUT2D eigenvalue weighted by atomic mass is 10.0. The molecule has 0 bridgehead atoms. The van der Waals surface area contributed by atoms with Gasteiger partial charge >= 0.3 is 0 Å². The maximum Gasteiger partial charge on any atom is 0.231 e. The minimum absolute atomic E-state index is 0. The Morgan fingerprint density at radius 3 is 3.06 bits per heavy atom. The molecule has 4 heteroatoms. The van der Waals surface area contributed by atoms with E-state index in [9.17, 15) is 0 Å². The van der Waals surface area contributed by atoms with E-state index in [2.05, 4.69) is 5.32 Å². The van der Waals surface area contributed by atoms with E-state index >= 15 is 0 Å². The molecule has 0 saturated heterocycles. The number of rotatable bonds is 4. The van der Waals surface area contributed by atoms with E-state index in [4.69, 9.17) is 16.3 Å². The Kier molecular flexibility index (Phi) is 2.76. The second-order valence-corrected chi connectivity index (χ2v) is 3.52. The van der Waals surface area contributed by atoms with Crippen LogP contribution in [-0.2, 0) is 6.42 Å². The Bertz CT molecular complexity index is 495. The Hall–Kier alpha value is -0.930. The van der Waals surface area contributed by atoms with Crippen LogP contribution >= 0.6 is 12.4 Å². The molecule has 1 N–H and O–H groups in total. The van der Waals surface area contributed by atoms with Crippen LogP contribution in [0.1, 0.15) is 25.8 Å². The lowest BCUT2D eigenvalue weighted by Crippen LogP contribution is -2.26. The summed E-state index contributed by atoms with van der Waals surface area (Å²) < 4.78 is 46.4. The van der Waals surface area contributed by atoms with Crippen LogP contribution in [0.5, 0.6) is 11.5 Å². The van der Waals surface area contributed by atoms with Crippen molar-refractivity contribution in [3.8, 4) is 11.5 Å². The monoisotopic (exact) mass is 248 g/mol. The van der Waals surface area contributed by atoms with E-state index in [-0.39, 0.29) is 18.4 Å². The maximum absolute atomic E-state index is 7.37. The van der Waals surface area contributed by atoms with Crippen LogP contribution in [0, 0.1) is 0 Å². The summed E-state index contributed by atoms with van der Waals surface area (Å²) in [5, 5.41) is 2.59. The highest BCUT2D eigenvalue weighted by atomic mass is 35.5. The number of nitrogens with one attached hydrogen (secondary N) is 1. The zero-order chi connectivity index (χ0) is 15.0. The first-order chi connectivity index (χ1) is 9.18. The Balaban J connectivity index is 0.00000220. The van der Waals surface area contributed by atoms with Crippen molar-refractivity contribution >= 4 is 12.4 Å². The third-order valence-electron chi connectivity index (χ3n) is 2.49. The largest absolute Gasteiger partial charge is 0.454 e. The highest BCUT2D eigenvalue weighted by Crippen LogP contribution is 2.32. The average molecular weight is 249 g/mol. The summed E-state index contributed by atoms with van der Waals surface area (Å²) in [6, 6.07) is 4.93. The molecule has 0 saturated carbocycles. The average Bonchev–Trinajstić information content (AvgIpc) is 2.59. The van der Waals surface area contributed by atoms with Gasteiger partial charge < -0.3 is 14.8 Å². The molecule has 1 unspecified atom stereocenters. The molecule has 0 amide bonds. The highest BCUT2D eigenvalue weighted by molar-refractivity contribution is 5.85. The van der Waals surface area contributed by atoms with Crippen molar-refractivity contribution in [3.63, 3.8) is 0 Å². The molecule has 0 aromatic heterocycles. The summed E-state index contributed by atoms with van der Waals surface area (Å²) in [4.78, 5) is 0. The molecule has 3 nitrogen and oxygen atoms in total. The zero-order valence-electron chi connectivity index (χ0n) is 13.9. The first-order valence-corrected chi connectivity index (χ1v) is 4.97. The van der Waals surface area contributed by atoms with Crippen LogP contribution in [0.2, 0.25) is 0 Å². The molecule has 0 aliphatic carbocycles. The van der Waals surface area contributed by atoms with Crippen molar-refractivity contribution in [3.05, 3.63) is 23.8 Å². The number of hydrogen-bond acceptors (Lipinski definition) is 3. The molecule has 0 radical (unpaired) electrons. The second-order valence-electron chi connectivity index (χ2n) is 3.52. The first-order valence-electron chi connectivity index (χ1n) is 7.47. The van der Waals surface area contributed by atoms with Gasteiger partial charge in [-0.15, -0.1) is 12.4 Å². The molecule has 0 spiro atoms. The molecular weight excluding hydrogens is 226 g/mol. The van der Waals surface area contributed by atoms with Crippen molar-refractivity contribution in [1.82, 2.24) is 5.32 Å². The fourth-order valence-corrected chi connectivity index (χ4v) is 1.54. The van der Waals surface area contributed by atoms with Crippen LogP contribution in [0.15, 0.2) is 18.2 Å². The smallest absolute Gasteiger partial charge is 0.231 e. The molecule has 1 aromatic rings. The minimum Gasteiger partial charge on any atom is -0.454 e. The summed E-state index contributed by atoms with van der Waals surface area (Å²) in [6.45, 7) is -2.40. The van der Waals surface area contributed by atoms with Crippen LogP contribution in [0.25, 0.3) is 0 Å². The molecule has 1 aliphatic rings. The van der Waals surface area contributed by atoms with E-state index in [1.54, 1.807) is 18.2 Å². The van der Waals surface area contributed by atoms with Crippen molar-refractivity contribution < 1.29 is 16.3 Å². The summed E-state index contributed by atoms with van der Waals surface area (Å²) in [5.41, 5.74) is 0.869. The Morgan fingerprint density at radius 1 is 1.50 bits per heavy atom. The lowest BCUT2D eigenvalue weighted by molar-refractivity contribution is 0.174. The quantitative estimate of drug-likeness (QED) is 0.888. The maximum atomic E-state index is 7.37. The number of hydrogen-bond donors (Lipinski definition) is 1. The van der Waals surface area contributed by atoms with Crippen molar-refractivity contribution in [1.29, 1.82) is 0 Å². The Morgan fingerprint density at radius 2 is 2.31 bits per heavy atom. The van der Waals surface area contributed by atoms with Gasteiger partial charge in [-0.25, -0.2) is 0 Å². The molecule has 1 aliphatic heterocycles. The second kappa shape index (κ2) is 5.97. The number of fused-ring (bicyclic) bond motifs is 1. The summed E-state index contributed by atoms with van der Waals surface area (Å²) in [6.07, 6.45) is 1.20. The van der Waals surface area contributed by atoms with Gasteiger partial charge in [-0.2, -0.15) is 0 Å². The first kappa shape index (κ1) is 7.41. The normalized spacial score (nSPS) is 22.9. The minimum atomic E-state index is -2.17. The lowest BCUT2D eigenvalue weighted by Gasteiger charge is -2.13. The van der Waals surface area contributed by atoms with Gasteiger partial charge in [0.1, 0.15) is 2.74 Å². The molecule has 1 aromatic carbocycles. The van der Waals surface area contributed by atoms with Crippen LogP contribution < -0.4 is 14.8 Å². The van der Waals surface area contributed by atoms with Gasteiger partial charge in [0.15, 0.2) is 11.5 Å². The number of benzene rings is 1. The number of halogens is 1. The topological polar surface area (TPSA) is 30.5 Å². The predicted octanol–water partition coefficient (Wildman–Crippen LogP) is 2.38. The zero-order valence-corrected chi connectivity index (χ0v) is 9.76. The van der Waals surface area contributed by atoms with E-state index < -0.39 is 13.7 Å². The predicted molar refractivity (Wildman–Crippen MR) is 66.7 cm³/mol. The van der Waals surface area contributed by atoms with E-state index in [1.165, 1.54) is 0 Å². The van der Waals surface area contributed by atoms with Gasteiger partial charge in [0.05, 0.1) is 0 Å². The summed E-state index contributed by atoms with van der Waals surface area (Å²) in [7, 11) is 0. The van der Waals surface area contributed by atoms with Gasteiger partial charge in [0.2, 0.25) is 6.75 Å². The number of ether oxygens (including phenoxy) is 2. The van der Waals surface area contributed by atoms with E-state index in [0.29, 0.717) is 24.3 Å². The van der Waals surface area contributed by atoms with Crippen molar-refractivity contribution in [2.45, 2.75) is 25.8 Å². The van der Waals surface area contributed by atoms with Crippen LogP contribution in [0.3, 0.4) is 0 Å².